The minimum absolute atomic E-state index is 0.00228. The van der Waals surface area contributed by atoms with E-state index in [9.17, 15) is 0 Å². The van der Waals surface area contributed by atoms with Crippen molar-refractivity contribution in [2.45, 2.75) is 19.5 Å². The largest absolute Gasteiger partial charge is 0.419 e. The number of benzene rings is 2. The normalized spacial score (nSPS) is 12.5. The standard InChI is InChI=1S/C18H17BrClN3O/c1-12(23(2)11-14-6-3-4-9-16(14)19)17-21-22-18(24-17)13-7-5-8-15(20)10-13/h3-10,12H,11H2,1-2H3. The number of aromatic nitrogens is 2. The van der Waals surface area contributed by atoms with Crippen molar-refractivity contribution in [3.63, 3.8) is 0 Å². The molecule has 1 heterocycles. The molecule has 0 bridgehead atoms. The Morgan fingerprint density at radius 3 is 2.71 bits per heavy atom. The molecule has 0 fully saturated rings. The van der Waals surface area contributed by atoms with Gasteiger partial charge in [0.05, 0.1) is 6.04 Å². The zero-order valence-corrected chi connectivity index (χ0v) is 15.8. The highest BCUT2D eigenvalue weighted by Gasteiger charge is 2.20. The third-order valence-corrected chi connectivity index (χ3v) is 4.92. The Morgan fingerprint density at radius 1 is 1.17 bits per heavy atom. The number of rotatable bonds is 5. The lowest BCUT2D eigenvalue weighted by Crippen LogP contribution is -2.22. The molecule has 0 radical (unpaired) electrons. The summed E-state index contributed by atoms with van der Waals surface area (Å²) in [6.07, 6.45) is 0. The highest BCUT2D eigenvalue weighted by Crippen LogP contribution is 2.26. The van der Waals surface area contributed by atoms with E-state index >= 15 is 0 Å². The number of hydrogen-bond donors (Lipinski definition) is 0. The lowest BCUT2D eigenvalue weighted by molar-refractivity contribution is 0.217. The number of nitrogens with zero attached hydrogens (tertiary/aromatic N) is 3. The molecular weight excluding hydrogens is 390 g/mol. The highest BCUT2D eigenvalue weighted by atomic mass is 79.9. The van der Waals surface area contributed by atoms with Crippen molar-refractivity contribution in [1.29, 1.82) is 0 Å². The second kappa shape index (κ2) is 7.47. The van der Waals surface area contributed by atoms with E-state index in [1.165, 1.54) is 5.56 Å². The van der Waals surface area contributed by atoms with Crippen LogP contribution in [0.3, 0.4) is 0 Å². The van der Waals surface area contributed by atoms with Gasteiger partial charge < -0.3 is 4.42 Å². The smallest absolute Gasteiger partial charge is 0.247 e. The van der Waals surface area contributed by atoms with E-state index in [1.54, 1.807) is 0 Å². The minimum Gasteiger partial charge on any atom is -0.419 e. The molecule has 0 aliphatic rings. The van der Waals surface area contributed by atoms with E-state index in [-0.39, 0.29) is 6.04 Å². The molecule has 24 heavy (non-hydrogen) atoms. The molecule has 0 aliphatic carbocycles. The van der Waals surface area contributed by atoms with Gasteiger partial charge in [0.15, 0.2) is 0 Å². The maximum Gasteiger partial charge on any atom is 0.247 e. The van der Waals surface area contributed by atoms with E-state index in [1.807, 2.05) is 56.4 Å². The van der Waals surface area contributed by atoms with Crippen LogP contribution in [0, 0.1) is 0 Å². The summed E-state index contributed by atoms with van der Waals surface area (Å²) in [7, 11) is 2.04. The van der Waals surface area contributed by atoms with Crippen molar-refractivity contribution in [1.82, 2.24) is 15.1 Å². The summed E-state index contributed by atoms with van der Waals surface area (Å²) in [5, 5.41) is 8.98. The van der Waals surface area contributed by atoms with Crippen LogP contribution in [0.2, 0.25) is 5.02 Å². The summed E-state index contributed by atoms with van der Waals surface area (Å²) in [5.74, 6) is 1.06. The van der Waals surface area contributed by atoms with Crippen LogP contribution in [-0.2, 0) is 6.54 Å². The molecule has 4 nitrogen and oxygen atoms in total. The fraction of sp³-hybridized carbons (Fsp3) is 0.222. The van der Waals surface area contributed by atoms with Gasteiger partial charge in [0.25, 0.3) is 0 Å². The summed E-state index contributed by atoms with van der Waals surface area (Å²) in [6, 6.07) is 15.6. The average molecular weight is 407 g/mol. The fourth-order valence-electron chi connectivity index (χ4n) is 2.36. The Balaban J connectivity index is 1.76. The quantitative estimate of drug-likeness (QED) is 0.573. The number of hydrogen-bond acceptors (Lipinski definition) is 4. The van der Waals surface area contributed by atoms with Crippen LogP contribution in [0.4, 0.5) is 0 Å². The van der Waals surface area contributed by atoms with E-state index in [0.717, 1.165) is 16.6 Å². The first kappa shape index (κ1) is 17.1. The first-order valence-electron chi connectivity index (χ1n) is 7.57. The van der Waals surface area contributed by atoms with Crippen molar-refractivity contribution in [3.8, 4) is 11.5 Å². The molecular formula is C18H17BrClN3O. The van der Waals surface area contributed by atoms with Crippen molar-refractivity contribution < 1.29 is 4.42 Å². The van der Waals surface area contributed by atoms with Gasteiger partial charge in [0.1, 0.15) is 0 Å². The average Bonchev–Trinajstić information content (AvgIpc) is 3.06. The van der Waals surface area contributed by atoms with Gasteiger partial charge in [0.2, 0.25) is 11.8 Å². The monoisotopic (exact) mass is 405 g/mol. The summed E-state index contributed by atoms with van der Waals surface area (Å²) in [5.41, 5.74) is 2.03. The minimum atomic E-state index is -0.00228. The SMILES string of the molecule is CC(c1nnc(-c2cccc(Cl)c2)o1)N(C)Cc1ccccc1Br. The van der Waals surface area contributed by atoms with Crippen LogP contribution < -0.4 is 0 Å². The lowest BCUT2D eigenvalue weighted by atomic mass is 10.2. The Labute approximate surface area is 154 Å². The second-order valence-electron chi connectivity index (χ2n) is 5.64. The van der Waals surface area contributed by atoms with Gasteiger partial charge >= 0.3 is 0 Å². The molecule has 1 unspecified atom stereocenters. The van der Waals surface area contributed by atoms with Crippen LogP contribution in [0.5, 0.6) is 0 Å². The van der Waals surface area contributed by atoms with Crippen LogP contribution in [0.1, 0.15) is 24.4 Å². The van der Waals surface area contributed by atoms with Crippen molar-refractivity contribution in [2.24, 2.45) is 0 Å². The van der Waals surface area contributed by atoms with Crippen LogP contribution in [-0.4, -0.2) is 22.1 Å². The molecule has 0 saturated heterocycles. The Bertz CT molecular complexity index is 836. The summed E-state index contributed by atoms with van der Waals surface area (Å²) >= 11 is 9.60. The van der Waals surface area contributed by atoms with Gasteiger partial charge in [-0.05, 0) is 43.8 Å². The molecule has 6 heteroatoms. The lowest BCUT2D eigenvalue weighted by Gasteiger charge is -2.22. The molecule has 0 aliphatic heterocycles. The molecule has 1 aromatic heterocycles. The maximum absolute atomic E-state index is 6.02. The molecule has 0 spiro atoms. The van der Waals surface area contributed by atoms with Crippen LogP contribution in [0.15, 0.2) is 57.4 Å². The molecule has 0 amide bonds. The number of halogens is 2. The molecule has 3 aromatic rings. The molecule has 3 rings (SSSR count). The van der Waals surface area contributed by atoms with Gasteiger partial charge in [-0.2, -0.15) is 0 Å². The van der Waals surface area contributed by atoms with E-state index in [2.05, 4.69) is 37.1 Å². The van der Waals surface area contributed by atoms with E-state index in [4.69, 9.17) is 16.0 Å². The summed E-state index contributed by atoms with van der Waals surface area (Å²) in [4.78, 5) is 2.16. The molecule has 0 N–H and O–H groups in total. The predicted molar refractivity (Wildman–Crippen MR) is 98.8 cm³/mol. The van der Waals surface area contributed by atoms with E-state index < -0.39 is 0 Å². The van der Waals surface area contributed by atoms with Crippen LogP contribution >= 0.6 is 27.5 Å². The third kappa shape index (κ3) is 3.86. The summed E-state index contributed by atoms with van der Waals surface area (Å²) < 4.78 is 6.93. The maximum atomic E-state index is 6.02. The van der Waals surface area contributed by atoms with Gasteiger partial charge in [-0.1, -0.05) is 51.8 Å². The van der Waals surface area contributed by atoms with Gasteiger partial charge in [-0.15, -0.1) is 10.2 Å². The fourth-order valence-corrected chi connectivity index (χ4v) is 2.96. The van der Waals surface area contributed by atoms with Crippen molar-refractivity contribution in [3.05, 3.63) is 69.5 Å². The van der Waals surface area contributed by atoms with Crippen molar-refractivity contribution >= 4 is 27.5 Å². The first-order chi connectivity index (χ1) is 11.5. The topological polar surface area (TPSA) is 42.2 Å². The molecule has 1 atom stereocenters. The Hall–Kier alpha value is -1.69. The highest BCUT2D eigenvalue weighted by molar-refractivity contribution is 9.10. The predicted octanol–water partition coefficient (Wildman–Crippen LogP) is 5.35. The third-order valence-electron chi connectivity index (χ3n) is 3.91. The molecule has 0 saturated carbocycles. The van der Waals surface area contributed by atoms with Gasteiger partial charge in [-0.25, -0.2) is 0 Å². The van der Waals surface area contributed by atoms with Gasteiger partial charge in [0, 0.05) is 21.6 Å². The zero-order valence-electron chi connectivity index (χ0n) is 13.4. The Kier molecular flexibility index (Phi) is 5.33. The second-order valence-corrected chi connectivity index (χ2v) is 6.93. The van der Waals surface area contributed by atoms with Crippen LogP contribution in [0.25, 0.3) is 11.5 Å². The Morgan fingerprint density at radius 2 is 1.96 bits per heavy atom. The molecule has 2 aromatic carbocycles. The van der Waals surface area contributed by atoms with Gasteiger partial charge in [-0.3, -0.25) is 4.90 Å². The molecule has 124 valence electrons. The zero-order chi connectivity index (χ0) is 17.1. The summed E-state index contributed by atoms with van der Waals surface area (Å²) in [6.45, 7) is 2.82. The van der Waals surface area contributed by atoms with E-state index in [0.29, 0.717) is 16.8 Å². The van der Waals surface area contributed by atoms with Crippen molar-refractivity contribution in [2.75, 3.05) is 7.05 Å². The first-order valence-corrected chi connectivity index (χ1v) is 8.74.